The summed E-state index contributed by atoms with van der Waals surface area (Å²) in [4.78, 5) is 16.1. The molecule has 0 saturated heterocycles. The topological polar surface area (TPSA) is 62.2 Å². The SMILES string of the molecule is C=Cc1cc(Nc2ncc(C3CC3)cc2C(=O)O)ccc1C(=C)C1=CC=CCC1. The van der Waals surface area contributed by atoms with E-state index in [0.717, 1.165) is 53.6 Å². The van der Waals surface area contributed by atoms with Crippen LogP contribution in [0.5, 0.6) is 0 Å². The van der Waals surface area contributed by atoms with Gasteiger partial charge in [-0.1, -0.05) is 43.5 Å². The van der Waals surface area contributed by atoms with E-state index >= 15 is 0 Å². The highest BCUT2D eigenvalue weighted by molar-refractivity contribution is 5.94. The van der Waals surface area contributed by atoms with Crippen molar-refractivity contribution >= 4 is 29.1 Å². The minimum atomic E-state index is -0.978. The largest absolute Gasteiger partial charge is 0.478 e. The van der Waals surface area contributed by atoms with E-state index in [2.05, 4.69) is 41.7 Å². The predicted octanol–water partition coefficient (Wildman–Crippen LogP) is 6.33. The molecule has 4 heteroatoms. The summed E-state index contributed by atoms with van der Waals surface area (Å²) in [5.74, 6) is -0.173. The summed E-state index contributed by atoms with van der Waals surface area (Å²) in [7, 11) is 0. The second kappa shape index (κ2) is 7.92. The van der Waals surface area contributed by atoms with Gasteiger partial charge in [-0.2, -0.15) is 0 Å². The van der Waals surface area contributed by atoms with Gasteiger partial charge in [0.05, 0.1) is 0 Å². The highest BCUT2D eigenvalue weighted by Gasteiger charge is 2.26. The van der Waals surface area contributed by atoms with E-state index in [-0.39, 0.29) is 5.56 Å². The van der Waals surface area contributed by atoms with Gasteiger partial charge in [-0.05, 0) is 77.6 Å². The number of nitrogens with one attached hydrogen (secondary N) is 1. The first kappa shape index (κ1) is 18.9. The molecular formula is C25H24N2O2. The summed E-state index contributed by atoms with van der Waals surface area (Å²) >= 11 is 0. The number of nitrogens with zero attached hydrogens (tertiary/aromatic N) is 1. The summed E-state index contributed by atoms with van der Waals surface area (Å²) in [6.07, 6.45) is 14.1. The van der Waals surface area contributed by atoms with Crippen LogP contribution in [0, 0.1) is 0 Å². The van der Waals surface area contributed by atoms with Crippen molar-refractivity contribution in [2.75, 3.05) is 5.32 Å². The van der Waals surface area contributed by atoms with E-state index in [1.807, 2.05) is 18.2 Å². The van der Waals surface area contributed by atoms with Gasteiger partial charge in [-0.15, -0.1) is 0 Å². The monoisotopic (exact) mass is 384 g/mol. The Morgan fingerprint density at radius 2 is 2.07 bits per heavy atom. The third-order valence-electron chi connectivity index (χ3n) is 5.45. The Labute approximate surface area is 171 Å². The third kappa shape index (κ3) is 4.06. The highest BCUT2D eigenvalue weighted by Crippen LogP contribution is 2.40. The first-order chi connectivity index (χ1) is 14.1. The number of aromatic nitrogens is 1. The Morgan fingerprint density at radius 3 is 2.72 bits per heavy atom. The maximum Gasteiger partial charge on any atom is 0.339 e. The van der Waals surface area contributed by atoms with E-state index in [9.17, 15) is 9.90 Å². The number of carbonyl (C=O) groups is 1. The minimum Gasteiger partial charge on any atom is -0.478 e. The van der Waals surface area contributed by atoms with Crippen LogP contribution in [0.2, 0.25) is 0 Å². The maximum atomic E-state index is 11.7. The molecule has 1 fully saturated rings. The lowest BCUT2D eigenvalue weighted by atomic mass is 9.90. The number of carboxylic acids is 1. The van der Waals surface area contributed by atoms with E-state index in [0.29, 0.717) is 11.7 Å². The zero-order valence-corrected chi connectivity index (χ0v) is 16.3. The zero-order valence-electron chi connectivity index (χ0n) is 16.3. The number of benzene rings is 1. The Hall–Kier alpha value is -3.40. The molecule has 29 heavy (non-hydrogen) atoms. The molecule has 1 aromatic heterocycles. The number of carboxylic acid groups (broad SMARTS) is 1. The summed E-state index contributed by atoms with van der Waals surface area (Å²) < 4.78 is 0. The second-order valence-corrected chi connectivity index (χ2v) is 7.51. The number of rotatable bonds is 7. The number of allylic oxidation sites excluding steroid dienone is 5. The molecule has 0 bridgehead atoms. The van der Waals surface area contributed by atoms with Gasteiger partial charge in [0.2, 0.25) is 0 Å². The molecule has 1 heterocycles. The van der Waals surface area contributed by atoms with Gasteiger partial charge >= 0.3 is 5.97 Å². The van der Waals surface area contributed by atoms with Gasteiger partial charge in [-0.25, -0.2) is 9.78 Å². The predicted molar refractivity (Wildman–Crippen MR) is 118 cm³/mol. The van der Waals surface area contributed by atoms with E-state index < -0.39 is 5.97 Å². The van der Waals surface area contributed by atoms with Gasteiger partial charge in [0.25, 0.3) is 0 Å². The van der Waals surface area contributed by atoms with Gasteiger partial charge < -0.3 is 10.4 Å². The summed E-state index contributed by atoms with van der Waals surface area (Å²) in [6, 6.07) is 7.62. The summed E-state index contributed by atoms with van der Waals surface area (Å²) in [5.41, 5.74) is 6.16. The van der Waals surface area contributed by atoms with Crippen LogP contribution < -0.4 is 5.32 Å². The molecule has 0 unspecified atom stereocenters. The first-order valence-corrected chi connectivity index (χ1v) is 9.89. The van der Waals surface area contributed by atoms with Crippen LogP contribution in [-0.2, 0) is 0 Å². The summed E-state index contributed by atoms with van der Waals surface area (Å²) in [5, 5.41) is 12.8. The zero-order chi connectivity index (χ0) is 20.4. The lowest BCUT2D eigenvalue weighted by Crippen LogP contribution is -2.06. The molecular weight excluding hydrogens is 360 g/mol. The van der Waals surface area contributed by atoms with E-state index in [4.69, 9.17) is 0 Å². The number of anilines is 2. The van der Waals surface area contributed by atoms with E-state index in [1.165, 1.54) is 5.57 Å². The molecule has 2 aromatic rings. The van der Waals surface area contributed by atoms with E-state index in [1.54, 1.807) is 18.3 Å². The second-order valence-electron chi connectivity index (χ2n) is 7.51. The van der Waals surface area contributed by atoms with Crippen molar-refractivity contribution in [1.82, 2.24) is 4.98 Å². The Kier molecular flexibility index (Phi) is 5.17. The minimum absolute atomic E-state index is 0.196. The van der Waals surface area contributed by atoms with Crippen molar-refractivity contribution in [3.05, 3.63) is 89.7 Å². The summed E-state index contributed by atoms with van der Waals surface area (Å²) in [6.45, 7) is 8.22. The quantitative estimate of drug-likeness (QED) is 0.585. The Balaban J connectivity index is 1.62. The fourth-order valence-electron chi connectivity index (χ4n) is 3.63. The number of hydrogen-bond acceptors (Lipinski definition) is 3. The van der Waals surface area contributed by atoms with Gasteiger partial charge in [-0.3, -0.25) is 0 Å². The van der Waals surface area contributed by atoms with Gasteiger partial charge in [0, 0.05) is 11.9 Å². The molecule has 146 valence electrons. The van der Waals surface area contributed by atoms with Gasteiger partial charge in [0.15, 0.2) is 0 Å². The molecule has 2 aliphatic carbocycles. The number of hydrogen-bond donors (Lipinski definition) is 2. The first-order valence-electron chi connectivity index (χ1n) is 9.89. The molecule has 0 atom stereocenters. The van der Waals surface area contributed by atoms with Crippen LogP contribution in [-0.4, -0.2) is 16.1 Å². The van der Waals surface area contributed by atoms with Crippen molar-refractivity contribution in [3.63, 3.8) is 0 Å². The lowest BCUT2D eigenvalue weighted by Gasteiger charge is -2.17. The van der Waals surface area contributed by atoms with Crippen LogP contribution in [0.3, 0.4) is 0 Å². The maximum absolute atomic E-state index is 11.7. The van der Waals surface area contributed by atoms with Crippen LogP contribution in [0.25, 0.3) is 11.6 Å². The molecule has 0 aliphatic heterocycles. The molecule has 0 amide bonds. The number of pyridine rings is 1. The molecule has 0 spiro atoms. The molecule has 4 rings (SSSR count). The average molecular weight is 384 g/mol. The normalized spacial score (nSPS) is 15.5. The fourth-order valence-corrected chi connectivity index (χ4v) is 3.63. The Morgan fingerprint density at radius 1 is 1.24 bits per heavy atom. The smallest absolute Gasteiger partial charge is 0.339 e. The third-order valence-corrected chi connectivity index (χ3v) is 5.45. The number of aromatic carboxylic acids is 1. The lowest BCUT2D eigenvalue weighted by molar-refractivity contribution is 0.0697. The van der Waals surface area contributed by atoms with Crippen LogP contribution in [0.4, 0.5) is 11.5 Å². The molecule has 4 nitrogen and oxygen atoms in total. The average Bonchev–Trinajstić information content (AvgIpc) is 3.59. The Bertz CT molecular complexity index is 1060. The molecule has 0 radical (unpaired) electrons. The molecule has 2 N–H and O–H groups in total. The van der Waals surface area contributed by atoms with Gasteiger partial charge in [0.1, 0.15) is 11.4 Å². The van der Waals surface area contributed by atoms with Crippen LogP contribution in [0.15, 0.2) is 67.4 Å². The van der Waals surface area contributed by atoms with Crippen LogP contribution >= 0.6 is 0 Å². The fraction of sp³-hybridized carbons (Fsp3) is 0.200. The van der Waals surface area contributed by atoms with Crippen molar-refractivity contribution in [2.45, 2.75) is 31.6 Å². The molecule has 1 saturated carbocycles. The highest BCUT2D eigenvalue weighted by atomic mass is 16.4. The van der Waals surface area contributed by atoms with Crippen LogP contribution in [0.1, 0.15) is 58.6 Å². The standard InChI is InChI=1S/C25H24N2O2/c1-3-17-13-21(11-12-22(17)16(2)18-7-5-4-6-8-18)27-24-23(25(28)29)14-20(15-26-24)19-9-10-19/h3-5,7,11-15,19H,1-2,6,8-10H2,(H,26,27)(H,28,29). The molecule has 2 aliphatic rings. The van der Waals surface area contributed by atoms with Crippen molar-refractivity contribution in [3.8, 4) is 0 Å². The van der Waals surface area contributed by atoms with Crippen molar-refractivity contribution in [1.29, 1.82) is 0 Å². The van der Waals surface area contributed by atoms with Crippen molar-refractivity contribution in [2.24, 2.45) is 0 Å². The van der Waals surface area contributed by atoms with Crippen molar-refractivity contribution < 1.29 is 9.90 Å². The molecule has 1 aromatic carbocycles.